The van der Waals surface area contributed by atoms with Crippen molar-refractivity contribution in [2.24, 2.45) is 0 Å². The highest BCUT2D eigenvalue weighted by Crippen LogP contribution is 2.32. The Hall–Kier alpha value is -0.710. The van der Waals surface area contributed by atoms with Crippen molar-refractivity contribution in [3.63, 3.8) is 0 Å². The summed E-state index contributed by atoms with van der Waals surface area (Å²) >= 11 is 1.35. The summed E-state index contributed by atoms with van der Waals surface area (Å²) in [6, 6.07) is 0.159. The van der Waals surface area contributed by atoms with Crippen LogP contribution in [0.4, 0.5) is 4.79 Å². The minimum atomic E-state index is -0.457. The first-order valence-electron chi connectivity index (χ1n) is 5.43. The Morgan fingerprint density at radius 1 is 1.31 bits per heavy atom. The predicted octanol–water partition coefficient (Wildman–Crippen LogP) is 2.32. The molecule has 0 spiro atoms. The molecule has 92 valence electrons. The van der Waals surface area contributed by atoms with Gasteiger partial charge in [-0.15, -0.1) is 0 Å². The summed E-state index contributed by atoms with van der Waals surface area (Å²) in [4.78, 5) is 22.2. The highest BCUT2D eigenvalue weighted by Gasteiger charge is 2.32. The van der Waals surface area contributed by atoms with Crippen LogP contribution in [0.1, 0.15) is 40.5 Å². The molecule has 0 aromatic rings. The molecule has 0 saturated heterocycles. The molecule has 1 saturated carbocycles. The number of amides is 1. The molecule has 5 heteroatoms. The number of carbonyl (C=O) groups excluding carboxylic acids is 2. The summed E-state index contributed by atoms with van der Waals surface area (Å²) < 4.78 is 5.14. The first kappa shape index (κ1) is 13.4. The van der Waals surface area contributed by atoms with Crippen LogP contribution >= 0.6 is 11.8 Å². The van der Waals surface area contributed by atoms with Crippen LogP contribution in [0.5, 0.6) is 0 Å². The minimum Gasteiger partial charge on any atom is -0.444 e. The van der Waals surface area contributed by atoms with Crippen molar-refractivity contribution < 1.29 is 14.3 Å². The molecule has 0 radical (unpaired) electrons. The molecule has 1 aliphatic carbocycles. The van der Waals surface area contributed by atoms with Gasteiger partial charge in [-0.3, -0.25) is 4.79 Å². The Bertz CT molecular complexity index is 279. The van der Waals surface area contributed by atoms with Gasteiger partial charge in [0.2, 0.25) is 0 Å². The fraction of sp³-hybridized carbons (Fsp3) is 0.818. The number of nitrogens with one attached hydrogen (secondary N) is 1. The molecule has 0 heterocycles. The van der Waals surface area contributed by atoms with E-state index < -0.39 is 5.60 Å². The Balaban J connectivity index is 2.17. The van der Waals surface area contributed by atoms with Crippen LogP contribution in [0.25, 0.3) is 0 Å². The Labute approximate surface area is 100 Å². The zero-order valence-corrected chi connectivity index (χ0v) is 11.0. The SMILES string of the molecule is CC(=O)S[C@H]1C[C@H](NC(=O)OC(C)(C)C)C1. The lowest BCUT2D eigenvalue weighted by Gasteiger charge is -2.35. The van der Waals surface area contributed by atoms with Gasteiger partial charge < -0.3 is 10.1 Å². The van der Waals surface area contributed by atoms with Gasteiger partial charge in [0.15, 0.2) is 5.12 Å². The third-order valence-corrected chi connectivity index (χ3v) is 3.20. The molecule has 0 aliphatic heterocycles. The van der Waals surface area contributed by atoms with Crippen molar-refractivity contribution in [2.45, 2.75) is 57.4 Å². The van der Waals surface area contributed by atoms with Crippen LogP contribution in [0, 0.1) is 0 Å². The third-order valence-electron chi connectivity index (χ3n) is 2.15. The smallest absolute Gasteiger partial charge is 0.407 e. The van der Waals surface area contributed by atoms with E-state index in [0.29, 0.717) is 5.25 Å². The molecule has 4 nitrogen and oxygen atoms in total. The second-order valence-electron chi connectivity index (χ2n) is 5.05. The van der Waals surface area contributed by atoms with Crippen LogP contribution in [0.2, 0.25) is 0 Å². The predicted molar refractivity (Wildman–Crippen MR) is 64.5 cm³/mol. The second-order valence-corrected chi connectivity index (χ2v) is 6.52. The highest BCUT2D eigenvalue weighted by atomic mass is 32.2. The van der Waals surface area contributed by atoms with Gasteiger partial charge in [-0.05, 0) is 33.6 Å². The molecule has 16 heavy (non-hydrogen) atoms. The first-order valence-corrected chi connectivity index (χ1v) is 6.31. The van der Waals surface area contributed by atoms with Crippen molar-refractivity contribution in [1.29, 1.82) is 0 Å². The average molecular weight is 245 g/mol. The fourth-order valence-electron chi connectivity index (χ4n) is 1.49. The zero-order chi connectivity index (χ0) is 12.3. The number of carbonyl (C=O) groups is 2. The summed E-state index contributed by atoms with van der Waals surface area (Å²) in [7, 11) is 0. The summed E-state index contributed by atoms with van der Waals surface area (Å²) in [6.45, 7) is 7.07. The van der Waals surface area contributed by atoms with Gasteiger partial charge >= 0.3 is 6.09 Å². The Kier molecular flexibility index (Phi) is 4.24. The monoisotopic (exact) mass is 245 g/mol. The largest absolute Gasteiger partial charge is 0.444 e. The number of thioether (sulfide) groups is 1. The van der Waals surface area contributed by atoms with Crippen LogP contribution in [-0.2, 0) is 9.53 Å². The van der Waals surface area contributed by atoms with Crippen LogP contribution < -0.4 is 5.32 Å². The fourth-order valence-corrected chi connectivity index (χ4v) is 2.62. The van der Waals surface area contributed by atoms with Gasteiger partial charge in [-0.25, -0.2) is 4.79 Å². The maximum absolute atomic E-state index is 11.4. The maximum Gasteiger partial charge on any atom is 0.407 e. The molecule has 1 fully saturated rings. The molecular formula is C11H19NO3S. The van der Waals surface area contributed by atoms with E-state index in [2.05, 4.69) is 5.32 Å². The first-order chi connectivity index (χ1) is 7.26. The lowest BCUT2D eigenvalue weighted by atomic mass is 9.92. The van der Waals surface area contributed by atoms with Gasteiger partial charge in [-0.1, -0.05) is 11.8 Å². The minimum absolute atomic E-state index is 0.140. The molecule has 1 aliphatic rings. The molecule has 0 aromatic heterocycles. The molecule has 0 bridgehead atoms. The quantitative estimate of drug-likeness (QED) is 0.811. The molecule has 0 atom stereocenters. The van der Waals surface area contributed by atoms with Crippen molar-refractivity contribution in [3.8, 4) is 0 Å². The summed E-state index contributed by atoms with van der Waals surface area (Å²) in [5, 5.41) is 3.29. The van der Waals surface area contributed by atoms with Gasteiger partial charge in [0.05, 0.1) is 0 Å². The molecule has 1 N–H and O–H groups in total. The number of hydrogen-bond acceptors (Lipinski definition) is 4. The zero-order valence-electron chi connectivity index (χ0n) is 10.2. The van der Waals surface area contributed by atoms with Crippen LogP contribution in [-0.4, -0.2) is 28.1 Å². The van der Waals surface area contributed by atoms with E-state index in [4.69, 9.17) is 4.74 Å². The summed E-state index contributed by atoms with van der Waals surface area (Å²) in [6.07, 6.45) is 1.33. The van der Waals surface area contributed by atoms with Gasteiger partial charge in [0.25, 0.3) is 0 Å². The Morgan fingerprint density at radius 3 is 2.31 bits per heavy atom. The normalized spacial score (nSPS) is 24.5. The molecule has 0 aromatic carbocycles. The number of ether oxygens (including phenoxy) is 1. The van der Waals surface area contributed by atoms with Gasteiger partial charge in [0, 0.05) is 18.2 Å². The average Bonchev–Trinajstić information content (AvgIpc) is 1.95. The van der Waals surface area contributed by atoms with Gasteiger partial charge in [0.1, 0.15) is 5.60 Å². The van der Waals surface area contributed by atoms with E-state index in [1.54, 1.807) is 6.92 Å². The van der Waals surface area contributed by atoms with Gasteiger partial charge in [-0.2, -0.15) is 0 Å². The molecule has 1 rings (SSSR count). The van der Waals surface area contributed by atoms with E-state index in [9.17, 15) is 9.59 Å². The number of hydrogen-bond donors (Lipinski definition) is 1. The topological polar surface area (TPSA) is 55.4 Å². The molecule has 0 unspecified atom stereocenters. The molecular weight excluding hydrogens is 226 g/mol. The van der Waals surface area contributed by atoms with Crippen molar-refractivity contribution in [2.75, 3.05) is 0 Å². The Morgan fingerprint density at radius 2 is 1.88 bits per heavy atom. The van der Waals surface area contributed by atoms with Crippen LogP contribution in [0.15, 0.2) is 0 Å². The van der Waals surface area contributed by atoms with E-state index in [1.165, 1.54) is 11.8 Å². The van der Waals surface area contributed by atoms with E-state index in [1.807, 2.05) is 20.8 Å². The van der Waals surface area contributed by atoms with E-state index >= 15 is 0 Å². The highest BCUT2D eigenvalue weighted by molar-refractivity contribution is 8.14. The lowest BCUT2D eigenvalue weighted by molar-refractivity contribution is -0.109. The standard InChI is InChI=1S/C11H19NO3S/c1-7(13)16-9-5-8(6-9)12-10(14)15-11(2,3)4/h8-9H,5-6H2,1-4H3,(H,12,14)/t8-,9-. The number of alkyl carbamates (subject to hydrolysis) is 1. The van der Waals surface area contributed by atoms with E-state index in [0.717, 1.165) is 12.8 Å². The maximum atomic E-state index is 11.4. The van der Waals surface area contributed by atoms with Crippen molar-refractivity contribution >= 4 is 23.0 Å². The number of rotatable bonds is 2. The van der Waals surface area contributed by atoms with Crippen molar-refractivity contribution in [3.05, 3.63) is 0 Å². The molecule has 1 amide bonds. The van der Waals surface area contributed by atoms with E-state index in [-0.39, 0.29) is 17.3 Å². The summed E-state index contributed by atoms with van der Waals surface area (Å²) in [5.74, 6) is 0. The second kappa shape index (κ2) is 5.08. The van der Waals surface area contributed by atoms with Crippen molar-refractivity contribution in [1.82, 2.24) is 5.32 Å². The lowest BCUT2D eigenvalue weighted by Crippen LogP contribution is -2.47. The van der Waals surface area contributed by atoms with Crippen LogP contribution in [0.3, 0.4) is 0 Å². The third kappa shape index (κ3) is 4.88. The summed E-state index contributed by atoms with van der Waals surface area (Å²) in [5.41, 5.74) is -0.457.